The van der Waals surface area contributed by atoms with Crippen LogP contribution < -0.4 is 4.74 Å². The number of aromatic nitrogens is 1. The van der Waals surface area contributed by atoms with Crippen molar-refractivity contribution in [1.82, 2.24) is 4.98 Å². The number of rotatable bonds is 4. The highest BCUT2D eigenvalue weighted by molar-refractivity contribution is 6.01. The van der Waals surface area contributed by atoms with Gasteiger partial charge in [-0.1, -0.05) is 12.1 Å². The highest BCUT2D eigenvalue weighted by Crippen LogP contribution is 2.43. The lowest BCUT2D eigenvalue weighted by Gasteiger charge is -2.19. The topological polar surface area (TPSA) is 79.7 Å². The van der Waals surface area contributed by atoms with Crippen LogP contribution in [0.5, 0.6) is 11.6 Å². The number of phenols is 1. The molecule has 0 saturated carbocycles. The number of phenolic OH excluding ortho intramolecular Hbond substituents is 1. The maximum absolute atomic E-state index is 13.7. The average molecular weight is 395 g/mol. The van der Waals surface area contributed by atoms with E-state index in [9.17, 15) is 27.5 Å². The van der Waals surface area contributed by atoms with Gasteiger partial charge in [0.1, 0.15) is 11.6 Å². The van der Waals surface area contributed by atoms with Crippen LogP contribution in [0, 0.1) is 5.82 Å². The number of fused-ring (bicyclic) bond motifs is 1. The average Bonchev–Trinajstić information content (AvgIpc) is 2.61. The zero-order valence-electron chi connectivity index (χ0n) is 14.3. The zero-order chi connectivity index (χ0) is 20.6. The second-order valence-electron chi connectivity index (χ2n) is 5.97. The molecule has 1 heterocycles. The number of hydrogen-bond acceptors (Lipinski definition) is 4. The minimum Gasteiger partial charge on any atom is -0.508 e. The molecule has 28 heavy (non-hydrogen) atoms. The molecule has 5 nitrogen and oxygen atoms in total. The molecule has 0 unspecified atom stereocenters. The van der Waals surface area contributed by atoms with Crippen molar-refractivity contribution in [3.05, 3.63) is 54.0 Å². The predicted octanol–water partition coefficient (Wildman–Crippen LogP) is 4.62. The fraction of sp³-hybridized carbons (Fsp3) is 0.158. The Kier molecular flexibility index (Phi) is 4.84. The van der Waals surface area contributed by atoms with Crippen molar-refractivity contribution in [3.63, 3.8) is 0 Å². The van der Waals surface area contributed by atoms with Gasteiger partial charge in [0, 0.05) is 10.9 Å². The number of ether oxygens (including phenoxy) is 1. The Morgan fingerprint density at radius 1 is 1.11 bits per heavy atom. The first-order valence-corrected chi connectivity index (χ1v) is 7.97. The van der Waals surface area contributed by atoms with Gasteiger partial charge in [-0.05, 0) is 48.2 Å². The summed E-state index contributed by atoms with van der Waals surface area (Å²) < 4.78 is 59.6. The molecular weight excluding hydrogens is 382 g/mol. The lowest BCUT2D eigenvalue weighted by Crippen LogP contribution is -2.24. The summed E-state index contributed by atoms with van der Waals surface area (Å²) >= 11 is 0. The normalized spacial score (nSPS) is 12.8. The van der Waals surface area contributed by atoms with Gasteiger partial charge >= 0.3 is 12.1 Å². The Labute approximate surface area is 155 Å². The molecule has 3 rings (SSSR count). The van der Waals surface area contributed by atoms with Gasteiger partial charge in [0.25, 0.3) is 0 Å². The molecule has 9 heteroatoms. The van der Waals surface area contributed by atoms with E-state index < -0.39 is 35.6 Å². The van der Waals surface area contributed by atoms with Crippen LogP contribution in [0.3, 0.4) is 0 Å². The number of nitrogens with zero attached hydrogens (tertiary/aromatic N) is 1. The van der Waals surface area contributed by atoms with Gasteiger partial charge in [0.15, 0.2) is 11.8 Å². The number of pyridine rings is 1. The maximum Gasteiger partial charge on any atom is 0.434 e. The Morgan fingerprint density at radius 3 is 2.32 bits per heavy atom. The van der Waals surface area contributed by atoms with E-state index >= 15 is 0 Å². The van der Waals surface area contributed by atoms with Crippen LogP contribution in [-0.4, -0.2) is 27.3 Å². The fourth-order valence-electron chi connectivity index (χ4n) is 2.69. The number of hydrogen-bond donors (Lipinski definition) is 2. The number of alkyl halides is 3. The maximum atomic E-state index is 13.7. The molecule has 0 aliphatic carbocycles. The fourth-order valence-corrected chi connectivity index (χ4v) is 2.69. The van der Waals surface area contributed by atoms with Gasteiger partial charge in [-0.25, -0.2) is 14.2 Å². The summed E-state index contributed by atoms with van der Waals surface area (Å²) in [7, 11) is 0. The largest absolute Gasteiger partial charge is 0.508 e. The molecule has 2 N–H and O–H groups in total. The van der Waals surface area contributed by atoms with E-state index in [2.05, 4.69) is 4.98 Å². The van der Waals surface area contributed by atoms with Crippen molar-refractivity contribution in [2.45, 2.75) is 19.2 Å². The van der Waals surface area contributed by atoms with Crippen molar-refractivity contribution in [1.29, 1.82) is 0 Å². The number of carboxylic acids is 1. The highest BCUT2D eigenvalue weighted by atomic mass is 19.4. The standard InChI is InChI=1S/C19H13F4NO4/c1-9(18(26)27)28-17-14-8-12(25)6-7-13(14)15(16(24-17)19(21,22)23)10-2-4-11(20)5-3-10/h2-9,25H,1H3,(H,26,27)/t9-/m0/s1. The number of aliphatic carboxylic acids is 1. The van der Waals surface area contributed by atoms with E-state index in [1.165, 1.54) is 24.3 Å². The molecule has 2 aromatic carbocycles. The van der Waals surface area contributed by atoms with Crippen molar-refractivity contribution >= 4 is 16.7 Å². The van der Waals surface area contributed by atoms with Crippen molar-refractivity contribution in [2.24, 2.45) is 0 Å². The molecule has 0 amide bonds. The third-order valence-corrected chi connectivity index (χ3v) is 3.99. The van der Waals surface area contributed by atoms with Crippen LogP contribution >= 0.6 is 0 Å². The third kappa shape index (κ3) is 3.68. The quantitative estimate of drug-likeness (QED) is 0.631. The lowest BCUT2D eigenvalue weighted by atomic mass is 9.96. The van der Waals surface area contributed by atoms with Crippen LogP contribution in [0.15, 0.2) is 42.5 Å². The summed E-state index contributed by atoms with van der Waals surface area (Å²) in [4.78, 5) is 14.6. The summed E-state index contributed by atoms with van der Waals surface area (Å²) in [6.07, 6.45) is -6.38. The molecule has 146 valence electrons. The third-order valence-electron chi connectivity index (χ3n) is 3.99. The smallest absolute Gasteiger partial charge is 0.434 e. The molecule has 0 spiro atoms. The summed E-state index contributed by atoms with van der Waals surface area (Å²) in [5, 5.41) is 18.8. The minimum atomic E-state index is -4.90. The number of halogens is 4. The van der Waals surface area contributed by atoms with E-state index in [0.29, 0.717) is 0 Å². The van der Waals surface area contributed by atoms with Crippen molar-refractivity contribution < 1.29 is 37.3 Å². The predicted molar refractivity (Wildman–Crippen MR) is 91.5 cm³/mol. The Hall–Kier alpha value is -3.36. The van der Waals surface area contributed by atoms with E-state index in [4.69, 9.17) is 9.84 Å². The van der Waals surface area contributed by atoms with E-state index in [1.807, 2.05) is 0 Å². The van der Waals surface area contributed by atoms with Crippen LogP contribution in [-0.2, 0) is 11.0 Å². The lowest BCUT2D eigenvalue weighted by molar-refractivity contribution is -0.144. The van der Waals surface area contributed by atoms with Crippen LogP contribution in [0.4, 0.5) is 17.6 Å². The first-order chi connectivity index (χ1) is 13.1. The van der Waals surface area contributed by atoms with Gasteiger partial charge in [-0.3, -0.25) is 0 Å². The second-order valence-corrected chi connectivity index (χ2v) is 5.97. The van der Waals surface area contributed by atoms with Crippen LogP contribution in [0.1, 0.15) is 12.6 Å². The molecule has 0 radical (unpaired) electrons. The van der Waals surface area contributed by atoms with Gasteiger partial charge in [-0.2, -0.15) is 13.2 Å². The van der Waals surface area contributed by atoms with Gasteiger partial charge in [0.2, 0.25) is 5.88 Å². The molecule has 0 fully saturated rings. The number of carboxylic acid groups (broad SMARTS) is 1. The molecule has 0 saturated heterocycles. The van der Waals surface area contributed by atoms with Crippen LogP contribution in [0.2, 0.25) is 0 Å². The molecule has 1 aromatic heterocycles. The van der Waals surface area contributed by atoms with E-state index in [-0.39, 0.29) is 27.6 Å². The zero-order valence-corrected chi connectivity index (χ0v) is 14.3. The number of aromatic hydroxyl groups is 1. The number of benzene rings is 2. The molecule has 0 aliphatic rings. The summed E-state index contributed by atoms with van der Waals surface area (Å²) in [6, 6.07) is 7.91. The van der Waals surface area contributed by atoms with Crippen molar-refractivity contribution in [3.8, 4) is 22.8 Å². The SMILES string of the molecule is C[C@H](Oc1nc(C(F)(F)F)c(-c2ccc(F)cc2)c2ccc(O)cc12)C(=O)O. The van der Waals surface area contributed by atoms with Gasteiger partial charge in [0.05, 0.1) is 0 Å². The first kappa shape index (κ1) is 19.4. The van der Waals surface area contributed by atoms with Crippen molar-refractivity contribution in [2.75, 3.05) is 0 Å². The van der Waals surface area contributed by atoms with Gasteiger partial charge < -0.3 is 14.9 Å². The molecule has 0 aliphatic heterocycles. The van der Waals surface area contributed by atoms with Gasteiger partial charge in [-0.15, -0.1) is 0 Å². The number of carbonyl (C=O) groups is 1. The minimum absolute atomic E-state index is 0.0133. The summed E-state index contributed by atoms with van der Waals surface area (Å²) in [5.41, 5.74) is -1.60. The Balaban J connectivity index is 2.38. The summed E-state index contributed by atoms with van der Waals surface area (Å²) in [5.74, 6) is -2.88. The second kappa shape index (κ2) is 6.99. The molecule has 1 atom stereocenters. The first-order valence-electron chi connectivity index (χ1n) is 7.97. The van der Waals surface area contributed by atoms with E-state index in [1.54, 1.807) is 0 Å². The van der Waals surface area contributed by atoms with E-state index in [0.717, 1.165) is 25.1 Å². The molecule has 3 aromatic rings. The highest BCUT2D eigenvalue weighted by Gasteiger charge is 2.38. The monoisotopic (exact) mass is 395 g/mol. The molecular formula is C19H13F4NO4. The Bertz CT molecular complexity index is 1050. The molecule has 0 bridgehead atoms. The Morgan fingerprint density at radius 2 is 1.75 bits per heavy atom. The summed E-state index contributed by atoms with van der Waals surface area (Å²) in [6.45, 7) is 1.14. The van der Waals surface area contributed by atoms with Crippen LogP contribution in [0.25, 0.3) is 21.9 Å².